The lowest BCUT2D eigenvalue weighted by atomic mass is 10.3. The van der Waals surface area contributed by atoms with E-state index in [0.29, 0.717) is 5.69 Å². The summed E-state index contributed by atoms with van der Waals surface area (Å²) in [6.07, 6.45) is 6.05. The molecule has 0 unspecified atom stereocenters. The minimum Gasteiger partial charge on any atom is -0.334 e. The molecule has 2 heterocycles. The van der Waals surface area contributed by atoms with E-state index in [1.807, 2.05) is 12.3 Å². The molecule has 3 aromatic rings. The Balaban J connectivity index is 1.83. The van der Waals surface area contributed by atoms with Gasteiger partial charge in [-0.2, -0.15) is 13.5 Å². The van der Waals surface area contributed by atoms with Gasteiger partial charge in [-0.05, 0) is 30.3 Å². The lowest BCUT2D eigenvalue weighted by Gasteiger charge is -2.07. The second-order valence-electron chi connectivity index (χ2n) is 4.02. The molecule has 0 atom stereocenters. The fourth-order valence-corrected chi connectivity index (χ4v) is 2.67. The van der Waals surface area contributed by atoms with Crippen molar-refractivity contribution in [3.8, 4) is 5.69 Å². The zero-order valence-electron chi connectivity index (χ0n) is 10.3. The number of imidazole rings is 1. The van der Waals surface area contributed by atoms with E-state index < -0.39 is 10.0 Å². The second-order valence-corrected chi connectivity index (χ2v) is 5.67. The Morgan fingerprint density at radius 3 is 2.60 bits per heavy atom. The molecule has 8 heteroatoms. The number of aromatic nitrogens is 4. The maximum Gasteiger partial charge on any atom is 0.278 e. The molecule has 0 aliphatic carbocycles. The highest BCUT2D eigenvalue weighted by molar-refractivity contribution is 7.92. The molecule has 7 nitrogen and oxygen atoms in total. The Morgan fingerprint density at radius 2 is 2.00 bits per heavy atom. The minimum atomic E-state index is -3.63. The number of rotatable bonds is 4. The summed E-state index contributed by atoms with van der Waals surface area (Å²) in [5.74, 6) is 0. The van der Waals surface area contributed by atoms with Crippen molar-refractivity contribution in [3.05, 3.63) is 55.2 Å². The van der Waals surface area contributed by atoms with Crippen LogP contribution in [-0.4, -0.2) is 28.2 Å². The third kappa shape index (κ3) is 2.41. The van der Waals surface area contributed by atoms with Gasteiger partial charge in [0, 0.05) is 18.1 Å². The molecule has 2 aromatic heterocycles. The summed E-state index contributed by atoms with van der Waals surface area (Å²) in [6.45, 7) is 0. The number of nitrogens with one attached hydrogen (secondary N) is 2. The highest BCUT2D eigenvalue weighted by Gasteiger charge is 2.15. The molecular weight excluding hydrogens is 278 g/mol. The van der Waals surface area contributed by atoms with E-state index in [1.54, 1.807) is 35.1 Å². The van der Waals surface area contributed by atoms with Gasteiger partial charge in [0.1, 0.15) is 0 Å². The first-order chi connectivity index (χ1) is 9.65. The van der Waals surface area contributed by atoms with Crippen LogP contribution in [0.4, 0.5) is 5.69 Å². The van der Waals surface area contributed by atoms with Gasteiger partial charge in [0.2, 0.25) is 0 Å². The first-order valence-electron chi connectivity index (χ1n) is 5.76. The van der Waals surface area contributed by atoms with Crippen LogP contribution in [0.5, 0.6) is 0 Å². The normalized spacial score (nSPS) is 11.4. The minimum absolute atomic E-state index is 0.0219. The van der Waals surface area contributed by atoms with Gasteiger partial charge in [-0.3, -0.25) is 4.72 Å². The van der Waals surface area contributed by atoms with Crippen LogP contribution in [0.3, 0.4) is 0 Å². The smallest absolute Gasteiger partial charge is 0.278 e. The highest BCUT2D eigenvalue weighted by atomic mass is 32.2. The van der Waals surface area contributed by atoms with Crippen molar-refractivity contribution in [1.82, 2.24) is 19.7 Å². The summed E-state index contributed by atoms with van der Waals surface area (Å²) < 4.78 is 28.1. The van der Waals surface area contributed by atoms with Crippen molar-refractivity contribution in [2.45, 2.75) is 5.03 Å². The topological polar surface area (TPSA) is 92.7 Å². The fraction of sp³-hybridized carbons (Fsp3) is 0. The summed E-state index contributed by atoms with van der Waals surface area (Å²) in [7, 11) is -3.63. The van der Waals surface area contributed by atoms with Crippen molar-refractivity contribution in [3.63, 3.8) is 0 Å². The third-order valence-electron chi connectivity index (χ3n) is 2.65. The fourth-order valence-electron chi connectivity index (χ4n) is 1.70. The number of benzene rings is 1. The van der Waals surface area contributed by atoms with E-state index in [4.69, 9.17) is 0 Å². The predicted molar refractivity (Wildman–Crippen MR) is 73.0 cm³/mol. The molecule has 102 valence electrons. The number of H-pyrrole nitrogens is 1. The highest BCUT2D eigenvalue weighted by Crippen LogP contribution is 2.16. The average molecular weight is 289 g/mol. The largest absolute Gasteiger partial charge is 0.334 e. The maximum absolute atomic E-state index is 12.0. The van der Waals surface area contributed by atoms with E-state index in [-0.39, 0.29) is 5.03 Å². The Bertz CT molecular complexity index is 777. The number of hydrogen-bond acceptors (Lipinski definition) is 4. The van der Waals surface area contributed by atoms with Gasteiger partial charge < -0.3 is 4.98 Å². The summed E-state index contributed by atoms with van der Waals surface area (Å²) >= 11 is 0. The quantitative estimate of drug-likeness (QED) is 0.759. The predicted octanol–water partition coefficient (Wildman–Crippen LogP) is 1.40. The first-order valence-corrected chi connectivity index (χ1v) is 7.25. The molecular formula is C12H11N5O2S. The van der Waals surface area contributed by atoms with Gasteiger partial charge in [-0.25, -0.2) is 9.67 Å². The number of anilines is 1. The molecule has 0 fully saturated rings. The lowest BCUT2D eigenvalue weighted by Crippen LogP contribution is -2.13. The first kappa shape index (κ1) is 12.4. The zero-order chi connectivity index (χ0) is 14.0. The van der Waals surface area contributed by atoms with Gasteiger partial charge in [0.25, 0.3) is 10.0 Å². The van der Waals surface area contributed by atoms with E-state index in [0.717, 1.165) is 5.69 Å². The Labute approximate surface area is 115 Å². The summed E-state index contributed by atoms with van der Waals surface area (Å²) in [5.41, 5.74) is 1.31. The molecule has 2 N–H and O–H groups in total. The third-order valence-corrected chi connectivity index (χ3v) is 3.96. The van der Waals surface area contributed by atoms with Gasteiger partial charge in [0.15, 0.2) is 5.03 Å². The van der Waals surface area contributed by atoms with E-state index in [2.05, 4.69) is 19.8 Å². The maximum atomic E-state index is 12.0. The molecule has 0 saturated heterocycles. The van der Waals surface area contributed by atoms with Crippen molar-refractivity contribution in [1.29, 1.82) is 0 Å². The van der Waals surface area contributed by atoms with Gasteiger partial charge in [-0.1, -0.05) is 0 Å². The van der Waals surface area contributed by atoms with Gasteiger partial charge in [-0.15, -0.1) is 0 Å². The van der Waals surface area contributed by atoms with Crippen LogP contribution in [0.1, 0.15) is 0 Å². The van der Waals surface area contributed by atoms with E-state index in [1.165, 1.54) is 12.5 Å². The Morgan fingerprint density at radius 1 is 1.20 bits per heavy atom. The van der Waals surface area contributed by atoms with Crippen molar-refractivity contribution >= 4 is 15.7 Å². The molecule has 0 aliphatic heterocycles. The molecule has 0 bridgehead atoms. The molecule has 0 saturated carbocycles. The Hall–Kier alpha value is -2.61. The molecule has 0 radical (unpaired) electrons. The average Bonchev–Trinajstić information content (AvgIpc) is 3.13. The van der Waals surface area contributed by atoms with Crippen LogP contribution >= 0.6 is 0 Å². The monoisotopic (exact) mass is 289 g/mol. The Kier molecular flexibility index (Phi) is 2.99. The zero-order valence-corrected chi connectivity index (χ0v) is 11.1. The van der Waals surface area contributed by atoms with Crippen LogP contribution in [-0.2, 0) is 10.0 Å². The van der Waals surface area contributed by atoms with Gasteiger partial charge >= 0.3 is 0 Å². The molecule has 3 rings (SSSR count). The van der Waals surface area contributed by atoms with Crippen LogP contribution in [0.25, 0.3) is 5.69 Å². The van der Waals surface area contributed by atoms with Crippen LogP contribution in [0, 0.1) is 0 Å². The lowest BCUT2D eigenvalue weighted by molar-refractivity contribution is 0.598. The standard InChI is InChI=1S/C12H11N5O2S/c18-20(19,12-8-13-9-14-12)16-10-2-4-11(5-3-10)17-7-1-6-15-17/h1-9,16H,(H,13,14). The number of nitrogens with zero attached hydrogens (tertiary/aromatic N) is 3. The number of aromatic amines is 1. The second kappa shape index (κ2) is 4.82. The SMILES string of the molecule is O=S(=O)(Nc1ccc(-n2cccn2)cc1)c1cnc[nH]1. The molecule has 0 amide bonds. The molecule has 1 aromatic carbocycles. The summed E-state index contributed by atoms with van der Waals surface area (Å²) in [5, 5.41) is 4.12. The van der Waals surface area contributed by atoms with Gasteiger partial charge in [0.05, 0.1) is 18.2 Å². The number of sulfonamides is 1. The summed E-state index contributed by atoms with van der Waals surface area (Å²) in [4.78, 5) is 6.25. The van der Waals surface area contributed by atoms with Crippen molar-refractivity contribution in [2.24, 2.45) is 0 Å². The van der Waals surface area contributed by atoms with Crippen molar-refractivity contribution in [2.75, 3.05) is 4.72 Å². The van der Waals surface area contributed by atoms with Crippen LogP contribution < -0.4 is 4.72 Å². The van der Waals surface area contributed by atoms with Crippen LogP contribution in [0.15, 0.2) is 60.3 Å². The van der Waals surface area contributed by atoms with E-state index in [9.17, 15) is 8.42 Å². The molecule has 0 aliphatic rings. The molecule has 20 heavy (non-hydrogen) atoms. The summed E-state index contributed by atoms with van der Waals surface area (Å²) in [6, 6.07) is 8.71. The van der Waals surface area contributed by atoms with Crippen LogP contribution in [0.2, 0.25) is 0 Å². The van der Waals surface area contributed by atoms with E-state index >= 15 is 0 Å². The van der Waals surface area contributed by atoms with Crippen molar-refractivity contribution < 1.29 is 8.42 Å². The number of hydrogen-bond donors (Lipinski definition) is 2. The molecule has 0 spiro atoms.